The van der Waals surface area contributed by atoms with Gasteiger partial charge < -0.3 is 18.6 Å². The lowest BCUT2D eigenvalue weighted by molar-refractivity contribution is 0.154. The Morgan fingerprint density at radius 1 is 0.495 bits per heavy atom. The highest BCUT2D eigenvalue weighted by molar-refractivity contribution is 7.89. The Balaban J connectivity index is 0.000000187. The van der Waals surface area contributed by atoms with E-state index in [1.54, 1.807) is 20.7 Å². The molecule has 6 heterocycles. The van der Waals surface area contributed by atoms with Crippen molar-refractivity contribution in [3.05, 3.63) is 252 Å². The Kier molecular flexibility index (Phi) is 22.4. The molecular weight excluding hydrogens is 1390 g/mol. The van der Waals surface area contributed by atoms with Crippen molar-refractivity contribution in [2.24, 2.45) is 22.7 Å². The quantitative estimate of drug-likeness (QED) is 0.0945. The van der Waals surface area contributed by atoms with E-state index in [1.165, 1.54) is 28.1 Å². The molecule has 16 rings (SSSR count). The van der Waals surface area contributed by atoms with E-state index in [4.69, 9.17) is 21.5 Å². The molecule has 0 N–H and O–H groups in total. The third-order valence-corrected chi connectivity index (χ3v) is 25.9. The van der Waals surface area contributed by atoms with Crippen LogP contribution < -0.4 is 29.7 Å². The molecule has 8 aromatic carbocycles. The summed E-state index contributed by atoms with van der Waals surface area (Å²) in [6.45, 7) is 19.5. The fraction of sp³-hybridized carbons (Fsp3) is 0.303. The molecule has 8 aromatic rings. The minimum absolute atomic E-state index is 0. The lowest BCUT2D eigenvalue weighted by atomic mass is 9.76. The van der Waals surface area contributed by atoms with E-state index in [1.807, 2.05) is 68.7 Å². The second kappa shape index (κ2) is 31.2. The Labute approximate surface area is 632 Å². The third-order valence-electron chi connectivity index (χ3n) is 22.0. The smallest absolute Gasteiger partial charge is 0.425 e. The van der Waals surface area contributed by atoms with Crippen molar-refractivity contribution in [1.29, 1.82) is 0 Å². The lowest BCUT2D eigenvalue weighted by Gasteiger charge is -2.38. The molecule has 107 heavy (non-hydrogen) atoms. The number of hydrogen-bond acceptors (Lipinski definition) is 11. The largest absolute Gasteiger partial charge is 0.456 e. The first-order chi connectivity index (χ1) is 50.3. The fourth-order valence-corrected chi connectivity index (χ4v) is 19.3. The number of hydrogen-bond donors (Lipinski definition) is 0. The first-order valence-electron chi connectivity index (χ1n) is 36.2. The molecule has 0 saturated carbocycles. The molecule has 0 aromatic heterocycles. The van der Waals surface area contributed by atoms with Crippen LogP contribution in [0.25, 0.3) is 66.8 Å². The van der Waals surface area contributed by atoms with E-state index < -0.39 is 30.7 Å². The normalized spacial score (nSPS) is 16.0. The molecule has 8 aliphatic rings. The zero-order valence-corrected chi connectivity index (χ0v) is 63.5. The maximum Gasteiger partial charge on any atom is 0.425 e. The summed E-state index contributed by atoms with van der Waals surface area (Å²) in [5.74, 6) is 2.40. The maximum atomic E-state index is 14.6. The van der Waals surface area contributed by atoms with Gasteiger partial charge in [0.05, 0.1) is 21.9 Å². The van der Waals surface area contributed by atoms with Crippen LogP contribution in [0, 0.1) is 29.6 Å². The van der Waals surface area contributed by atoms with Crippen LogP contribution in [0.15, 0.2) is 243 Å². The summed E-state index contributed by atoms with van der Waals surface area (Å²) in [6.07, 6.45) is 5.43. The molecule has 2 aliphatic carbocycles. The second-order valence-corrected chi connectivity index (χ2v) is 34.5. The number of sulfonamides is 2. The molecule has 15 nitrogen and oxygen atoms in total. The Bertz CT molecular complexity index is 5720. The van der Waals surface area contributed by atoms with Crippen LogP contribution in [0.4, 0.5) is 34.1 Å². The highest BCUT2D eigenvalue weighted by atomic mass is 32.2. The Hall–Kier alpha value is -9.82. The zero-order valence-electron chi connectivity index (χ0n) is 61.1. The van der Waals surface area contributed by atoms with Gasteiger partial charge in [0.2, 0.25) is 42.1 Å². The first kappa shape index (κ1) is 76.8. The van der Waals surface area contributed by atoms with Crippen molar-refractivity contribution in [2.45, 2.75) is 112 Å². The van der Waals surface area contributed by atoms with E-state index in [-0.39, 0.29) is 25.7 Å². The molecule has 18 heteroatoms. The summed E-state index contributed by atoms with van der Waals surface area (Å²) in [5.41, 5.74) is 17.1. The van der Waals surface area contributed by atoms with Gasteiger partial charge in [0.25, 0.3) is 0 Å². The highest BCUT2D eigenvalue weighted by Crippen LogP contribution is 2.48. The average molecular weight is 1490 g/mol. The van der Waals surface area contributed by atoms with Crippen LogP contribution in [0.5, 0.6) is 0 Å². The maximum absolute atomic E-state index is 14.6. The fourth-order valence-electron chi connectivity index (χ4n) is 16.0. The monoisotopic (exact) mass is 1490 g/mol. The van der Waals surface area contributed by atoms with E-state index in [2.05, 4.69) is 225 Å². The average Bonchev–Trinajstić information content (AvgIpc) is 0.853. The summed E-state index contributed by atoms with van der Waals surface area (Å²) in [6, 6.07) is 76.0. The minimum atomic E-state index is -3.78. The summed E-state index contributed by atoms with van der Waals surface area (Å²) >= 11 is 0. The molecule has 2 fully saturated rings. The summed E-state index contributed by atoms with van der Waals surface area (Å²) in [7, 11) is -6.57. The van der Waals surface area contributed by atoms with Crippen LogP contribution in [-0.4, -0.2) is 91.4 Å². The first-order valence-corrected chi connectivity index (χ1v) is 40.1. The molecule has 0 amide bonds. The highest BCUT2D eigenvalue weighted by Gasteiger charge is 2.39. The predicted octanol–water partition coefficient (Wildman–Crippen LogP) is 18.7. The Morgan fingerprint density at radius 3 is 1.57 bits per heavy atom. The number of fused-ring (bicyclic) bond motifs is 6. The molecule has 2 saturated heterocycles. The van der Waals surface area contributed by atoms with Crippen LogP contribution in [0.1, 0.15) is 98.8 Å². The summed E-state index contributed by atoms with van der Waals surface area (Å²) in [4.78, 5) is 5.16. The second-order valence-electron chi connectivity index (χ2n) is 30.3. The van der Waals surface area contributed by atoms with Gasteiger partial charge in [-0.15, -0.1) is 12.6 Å². The number of rotatable bonds is 10. The van der Waals surface area contributed by atoms with Gasteiger partial charge in [0.15, 0.2) is 6.54 Å². The number of nitrogens with zero attached hydrogens (tertiary/aromatic N) is 6. The van der Waals surface area contributed by atoms with Crippen LogP contribution in [0.2, 0.25) is 0 Å². The molecule has 0 spiro atoms. The molecular formula is C89H98N6O9S3+2. The van der Waals surface area contributed by atoms with Gasteiger partial charge in [0, 0.05) is 161 Å². The number of para-hydroxylation sites is 3. The molecule has 0 unspecified atom stereocenters. The van der Waals surface area contributed by atoms with Gasteiger partial charge >= 0.3 is 10.6 Å². The summed E-state index contributed by atoms with van der Waals surface area (Å²) < 4.78 is 105. The van der Waals surface area contributed by atoms with Crippen LogP contribution >= 0.6 is 0 Å². The van der Waals surface area contributed by atoms with Gasteiger partial charge in [-0.25, -0.2) is 16.8 Å². The van der Waals surface area contributed by atoms with Crippen LogP contribution in [-0.2, 0) is 43.5 Å². The van der Waals surface area contributed by atoms with Crippen molar-refractivity contribution in [3.8, 4) is 44.9 Å². The van der Waals surface area contributed by atoms with Crippen LogP contribution in [0.3, 0.4) is 0 Å². The zero-order chi connectivity index (χ0) is 73.7. The van der Waals surface area contributed by atoms with Gasteiger partial charge in [-0.05, 0) is 134 Å². The molecule has 0 radical (unpaired) electrons. The van der Waals surface area contributed by atoms with E-state index in [9.17, 15) is 16.8 Å². The van der Waals surface area contributed by atoms with E-state index in [0.717, 1.165) is 129 Å². The molecule has 0 atom stereocenters. The lowest BCUT2D eigenvalue weighted by Crippen LogP contribution is -2.41. The molecule has 0 bridgehead atoms. The topological polar surface area (TPSA) is 165 Å². The van der Waals surface area contributed by atoms with Gasteiger partial charge in [-0.3, -0.25) is 0 Å². The number of benzene rings is 10. The van der Waals surface area contributed by atoms with E-state index in [0.29, 0.717) is 70.3 Å². The number of anilines is 4. The Morgan fingerprint density at radius 2 is 0.991 bits per heavy atom. The van der Waals surface area contributed by atoms with Crippen molar-refractivity contribution < 1.29 is 38.3 Å². The van der Waals surface area contributed by atoms with Gasteiger partial charge in [-0.1, -0.05) is 165 Å². The number of aryl methyl sites for hydroxylation is 1. The van der Waals surface area contributed by atoms with Crippen molar-refractivity contribution in [1.82, 2.24) is 17.8 Å². The summed E-state index contributed by atoms with van der Waals surface area (Å²) in [5, 5.41) is 3.79. The molecule has 554 valence electrons. The third kappa shape index (κ3) is 15.6. The predicted molar refractivity (Wildman–Crippen MR) is 435 cm³/mol. The molecule has 6 aliphatic heterocycles. The van der Waals surface area contributed by atoms with Gasteiger partial charge in [-0.2, -0.15) is 17.8 Å². The SMILES string of the molecule is C.C.CC(C)(C)C1CCN(S(=O)(=O)c2ccccc2-c2c3ccc(=[N+]4CCc5ccccc54)cc-3oc3cc(N4CCc5ccccc54)ccc23)CC1.Cc1ccc([N+](C)=c2ccc3c(-c4ccccc4S(=O)(=O)N4CCC(C(C)(C)C)CC4)c4ccc(N(C)c5ccccc5)cc4oc-3c2)cc1.O=S(=O)=O. The van der Waals surface area contributed by atoms with Crippen molar-refractivity contribution in [2.75, 3.05) is 63.2 Å². The van der Waals surface area contributed by atoms with E-state index >= 15 is 0 Å². The van der Waals surface area contributed by atoms with Crippen molar-refractivity contribution >= 4 is 86.7 Å². The standard InChI is InChI=1S/C44H44N3O3S.C43H46N3O3S.2CH4.O3S/c1-44(2,3)32-22-24-45(25-23-32)51(48,49)42-15-9-6-12-37(42)43-35-18-16-33(46-26-20-30-10-4-7-13-38(30)46)28-40(35)50-41-29-34(17-19-36(41)43)47-27-21-31-11-5-8-14-39(31)47;1-30-16-18-33(19-17-30)45(6)35-21-23-37-40(29-35)49-39-28-34(44(5)32-12-8-7-9-13-32)20-22-36(39)42(37)38-14-10-11-15-41(38)50(47,48)46-26-24-31(25-27-46)43(2,3)4;;;1-4(2)3/h4-19,28-29,32H,20-27H2,1-3H3;7-23,28-29,31H,24-27H2,1-6H3;2*1H4;/q2*+1;;;. The minimum Gasteiger partial charge on any atom is -0.456 e. The van der Waals surface area contributed by atoms with Gasteiger partial charge in [0.1, 0.15) is 29.7 Å². The van der Waals surface area contributed by atoms with Crippen molar-refractivity contribution in [3.63, 3.8) is 0 Å². The number of piperidine rings is 2.